The topological polar surface area (TPSA) is 135 Å². The molecule has 0 spiro atoms. The molecule has 2 aromatic rings. The summed E-state index contributed by atoms with van der Waals surface area (Å²) >= 11 is 0. The van der Waals surface area contributed by atoms with Crippen LogP contribution in [0.2, 0.25) is 0 Å². The minimum atomic E-state index is -0.985. The van der Waals surface area contributed by atoms with E-state index < -0.39 is 57.0 Å². The molecule has 0 bridgehead atoms. The van der Waals surface area contributed by atoms with E-state index in [1.165, 1.54) is 6.92 Å². The van der Waals surface area contributed by atoms with Crippen molar-refractivity contribution in [1.29, 1.82) is 0 Å². The molecule has 7 heteroatoms. The Morgan fingerprint density at radius 3 is 1.91 bits per heavy atom. The van der Waals surface area contributed by atoms with Crippen molar-refractivity contribution in [1.82, 2.24) is 0 Å². The van der Waals surface area contributed by atoms with Crippen LogP contribution < -0.4 is 0 Å². The fourth-order valence-electron chi connectivity index (χ4n) is 2.53. The summed E-state index contributed by atoms with van der Waals surface area (Å²) in [5.74, 6) is -5.43. The van der Waals surface area contributed by atoms with Gasteiger partial charge < -0.3 is 25.5 Å². The van der Waals surface area contributed by atoms with E-state index in [0.717, 1.165) is 12.1 Å². The Kier molecular flexibility index (Phi) is 2.59. The van der Waals surface area contributed by atoms with Crippen molar-refractivity contribution in [3.8, 4) is 28.7 Å². The average Bonchev–Trinajstić information content (AvgIpc) is 2.49. The van der Waals surface area contributed by atoms with Crippen molar-refractivity contribution in [2.75, 3.05) is 0 Å². The molecule has 0 heterocycles. The molecule has 7 nitrogen and oxygen atoms in total. The summed E-state index contributed by atoms with van der Waals surface area (Å²) in [6.07, 6.45) is 0. The van der Waals surface area contributed by atoms with E-state index in [-0.39, 0.29) is 11.1 Å². The van der Waals surface area contributed by atoms with Crippen LogP contribution >= 0.6 is 0 Å². The first-order valence-corrected chi connectivity index (χ1v) is 6.19. The Labute approximate surface area is 123 Å². The molecule has 0 unspecified atom stereocenters. The smallest absolute Gasteiger partial charge is 0.202 e. The Morgan fingerprint density at radius 1 is 0.682 bits per heavy atom. The minimum absolute atomic E-state index is 0.149. The van der Waals surface area contributed by atoms with Crippen molar-refractivity contribution in [3.05, 3.63) is 39.9 Å². The molecule has 0 atom stereocenters. The van der Waals surface area contributed by atoms with Crippen LogP contribution in [-0.4, -0.2) is 37.1 Å². The van der Waals surface area contributed by atoms with Crippen LogP contribution in [0.25, 0.3) is 0 Å². The van der Waals surface area contributed by atoms with Crippen molar-refractivity contribution < 1.29 is 35.1 Å². The molecule has 0 radical (unpaired) electrons. The monoisotopic (exact) mass is 302 g/mol. The number of hydrogen-bond donors (Lipinski definition) is 5. The maximum Gasteiger partial charge on any atom is 0.202 e. The number of ketones is 2. The maximum absolute atomic E-state index is 12.5. The van der Waals surface area contributed by atoms with E-state index in [1.807, 2.05) is 0 Å². The third-order valence-electron chi connectivity index (χ3n) is 3.74. The summed E-state index contributed by atoms with van der Waals surface area (Å²) in [5, 5.41) is 49.0. The van der Waals surface area contributed by atoms with E-state index in [1.54, 1.807) is 0 Å². The highest BCUT2D eigenvalue weighted by atomic mass is 16.3. The Hall–Kier alpha value is -3.22. The van der Waals surface area contributed by atoms with E-state index in [9.17, 15) is 35.1 Å². The predicted octanol–water partition coefficient (Wildman–Crippen LogP) is 1.30. The second-order valence-electron chi connectivity index (χ2n) is 4.93. The molecule has 2 aromatic carbocycles. The van der Waals surface area contributed by atoms with Crippen LogP contribution in [0.5, 0.6) is 28.7 Å². The maximum atomic E-state index is 12.5. The van der Waals surface area contributed by atoms with Gasteiger partial charge in [0, 0.05) is 11.1 Å². The van der Waals surface area contributed by atoms with Gasteiger partial charge in [-0.1, -0.05) is 0 Å². The van der Waals surface area contributed by atoms with Gasteiger partial charge in [-0.25, -0.2) is 0 Å². The second-order valence-corrected chi connectivity index (χ2v) is 4.93. The van der Waals surface area contributed by atoms with Crippen LogP contribution in [0.4, 0.5) is 0 Å². The molecule has 0 aliphatic heterocycles. The van der Waals surface area contributed by atoms with Gasteiger partial charge in [-0.2, -0.15) is 0 Å². The number of hydrogen-bond acceptors (Lipinski definition) is 7. The molecule has 112 valence electrons. The van der Waals surface area contributed by atoms with Crippen molar-refractivity contribution >= 4 is 11.6 Å². The highest BCUT2D eigenvalue weighted by Gasteiger charge is 2.39. The van der Waals surface area contributed by atoms with Gasteiger partial charge in [0.05, 0.1) is 16.7 Å². The molecule has 5 N–H and O–H groups in total. The van der Waals surface area contributed by atoms with Gasteiger partial charge in [0.1, 0.15) is 5.75 Å². The fraction of sp³-hybridized carbons (Fsp3) is 0.0667. The third kappa shape index (κ3) is 1.44. The van der Waals surface area contributed by atoms with Gasteiger partial charge in [0.25, 0.3) is 0 Å². The summed E-state index contributed by atoms with van der Waals surface area (Å²) in [6, 6.07) is 2.17. The van der Waals surface area contributed by atoms with Gasteiger partial charge in [-0.15, -0.1) is 0 Å². The van der Waals surface area contributed by atoms with Crippen molar-refractivity contribution in [3.63, 3.8) is 0 Å². The predicted molar refractivity (Wildman–Crippen MR) is 72.8 cm³/mol. The SMILES string of the molecule is Cc1c(O)c(O)c2c(c1O)C(=O)c1ccc(O)c(O)c1C2=O. The van der Waals surface area contributed by atoms with Gasteiger partial charge in [0.15, 0.2) is 28.8 Å². The number of rotatable bonds is 0. The average molecular weight is 302 g/mol. The van der Waals surface area contributed by atoms with Crippen LogP contribution in [0.15, 0.2) is 12.1 Å². The van der Waals surface area contributed by atoms with Crippen LogP contribution in [0.3, 0.4) is 0 Å². The minimum Gasteiger partial charge on any atom is -0.507 e. The molecule has 0 amide bonds. The van der Waals surface area contributed by atoms with Crippen molar-refractivity contribution in [2.24, 2.45) is 0 Å². The summed E-state index contributed by atoms with van der Waals surface area (Å²) < 4.78 is 0. The zero-order valence-electron chi connectivity index (χ0n) is 11.2. The number of carbonyl (C=O) groups is 2. The van der Waals surface area contributed by atoms with E-state index in [0.29, 0.717) is 0 Å². The number of phenolic OH excluding ortho intramolecular Hbond substituents is 5. The molecule has 0 saturated carbocycles. The number of aromatic hydroxyl groups is 5. The van der Waals surface area contributed by atoms with Gasteiger partial charge in [0.2, 0.25) is 5.78 Å². The molecular formula is C15H10O7. The molecule has 1 aliphatic carbocycles. The highest BCUT2D eigenvalue weighted by molar-refractivity contribution is 6.31. The lowest BCUT2D eigenvalue weighted by atomic mass is 9.81. The Balaban J connectivity index is 2.47. The van der Waals surface area contributed by atoms with E-state index >= 15 is 0 Å². The number of fused-ring (bicyclic) bond motifs is 2. The van der Waals surface area contributed by atoms with Gasteiger partial charge in [-0.3, -0.25) is 9.59 Å². The lowest BCUT2D eigenvalue weighted by Crippen LogP contribution is -2.21. The molecular weight excluding hydrogens is 292 g/mol. The lowest BCUT2D eigenvalue weighted by Gasteiger charge is -2.22. The standard InChI is InChI=1S/C15H10O7/c1-4-10(17)8-9(15(22)11(4)18)14(21)7-5(12(8)19)2-3-6(16)13(7)20/h2-3,16-18,20,22H,1H3. The van der Waals surface area contributed by atoms with Crippen LogP contribution in [0, 0.1) is 6.92 Å². The zero-order chi connectivity index (χ0) is 16.3. The van der Waals surface area contributed by atoms with Gasteiger partial charge >= 0.3 is 0 Å². The fourth-order valence-corrected chi connectivity index (χ4v) is 2.53. The summed E-state index contributed by atoms with van der Waals surface area (Å²) in [6.45, 7) is 1.27. The molecule has 1 aliphatic rings. The third-order valence-corrected chi connectivity index (χ3v) is 3.74. The van der Waals surface area contributed by atoms with Crippen molar-refractivity contribution in [2.45, 2.75) is 6.92 Å². The normalized spacial score (nSPS) is 13.0. The number of phenols is 5. The summed E-state index contributed by atoms with van der Waals surface area (Å²) in [7, 11) is 0. The largest absolute Gasteiger partial charge is 0.507 e. The molecule has 3 rings (SSSR count). The zero-order valence-corrected chi connectivity index (χ0v) is 11.2. The first-order valence-electron chi connectivity index (χ1n) is 6.19. The Morgan fingerprint density at radius 2 is 1.27 bits per heavy atom. The first kappa shape index (κ1) is 13.7. The highest BCUT2D eigenvalue weighted by Crippen LogP contribution is 2.48. The lowest BCUT2D eigenvalue weighted by molar-refractivity contribution is 0.0970. The van der Waals surface area contributed by atoms with Crippen LogP contribution in [-0.2, 0) is 0 Å². The van der Waals surface area contributed by atoms with Crippen LogP contribution in [0.1, 0.15) is 37.4 Å². The summed E-state index contributed by atoms with van der Waals surface area (Å²) in [4.78, 5) is 24.9. The first-order chi connectivity index (χ1) is 10.3. The van der Waals surface area contributed by atoms with Gasteiger partial charge in [-0.05, 0) is 19.1 Å². The summed E-state index contributed by atoms with van der Waals surface area (Å²) in [5.41, 5.74) is -1.92. The second kappa shape index (κ2) is 4.14. The molecule has 0 fully saturated rings. The molecule has 0 saturated heterocycles. The van der Waals surface area contributed by atoms with E-state index in [2.05, 4.69) is 0 Å². The quantitative estimate of drug-likeness (QED) is 0.312. The molecule has 0 aromatic heterocycles. The number of benzene rings is 2. The number of carbonyl (C=O) groups excluding carboxylic acids is 2. The Bertz CT molecular complexity index is 880. The van der Waals surface area contributed by atoms with E-state index in [4.69, 9.17) is 0 Å². The molecule has 22 heavy (non-hydrogen) atoms.